The maximum Gasteiger partial charge on any atom is 0.469 e. The number of alkyl halides is 3. The number of fused-ring (bicyclic) bond motifs is 3. The average molecular weight is 580 g/mol. The molecule has 1 aliphatic carbocycles. The fourth-order valence-corrected chi connectivity index (χ4v) is 6.16. The van der Waals surface area contributed by atoms with E-state index in [0.29, 0.717) is 36.9 Å². The number of rotatable bonds is 8. The van der Waals surface area contributed by atoms with E-state index < -0.39 is 30.9 Å². The van der Waals surface area contributed by atoms with Crippen LogP contribution in [-0.2, 0) is 34.5 Å². The van der Waals surface area contributed by atoms with Gasteiger partial charge in [0.2, 0.25) is 5.76 Å². The molecule has 5 rings (SSSR count). The molecule has 1 atom stereocenters. The second-order valence-corrected chi connectivity index (χ2v) is 12.0. The Balaban J connectivity index is 1.41. The largest absolute Gasteiger partial charge is 0.469 e. The lowest BCUT2D eigenvalue weighted by molar-refractivity contribution is -0.136. The number of thiazole rings is 1. The van der Waals surface area contributed by atoms with Gasteiger partial charge in [-0.3, -0.25) is 4.52 Å². The molecule has 0 bridgehead atoms. The Morgan fingerprint density at radius 1 is 1.15 bits per heavy atom. The number of phosphoric acid groups is 1. The first kappa shape index (κ1) is 27.7. The lowest BCUT2D eigenvalue weighted by Gasteiger charge is -2.25. The van der Waals surface area contributed by atoms with Crippen molar-refractivity contribution in [2.45, 2.75) is 44.3 Å². The quantitative estimate of drug-likeness (QED) is 0.216. The molecule has 0 aliphatic heterocycles. The van der Waals surface area contributed by atoms with Crippen molar-refractivity contribution in [2.75, 3.05) is 6.61 Å². The fraction of sp³-hybridized carbons (Fsp3) is 0.308. The third kappa shape index (κ3) is 6.16. The summed E-state index contributed by atoms with van der Waals surface area (Å²) in [6.45, 7) is 1.37. The van der Waals surface area contributed by atoms with Crippen molar-refractivity contribution in [3.63, 3.8) is 0 Å². The number of aromatic nitrogens is 2. The van der Waals surface area contributed by atoms with Gasteiger partial charge in [-0.25, -0.2) is 9.55 Å². The zero-order valence-electron chi connectivity index (χ0n) is 20.7. The van der Waals surface area contributed by atoms with Crippen molar-refractivity contribution in [1.29, 1.82) is 0 Å². The fourth-order valence-electron chi connectivity index (χ4n) is 4.54. The molecule has 1 aliphatic rings. The highest BCUT2D eigenvalue weighted by molar-refractivity contribution is 7.46. The van der Waals surface area contributed by atoms with Crippen LogP contribution in [0.5, 0.6) is 0 Å². The van der Waals surface area contributed by atoms with Gasteiger partial charge >= 0.3 is 14.0 Å². The number of phosphoric ester groups is 1. The molecular weight excluding hydrogens is 554 g/mol. The van der Waals surface area contributed by atoms with Crippen LogP contribution in [0.15, 0.2) is 53.1 Å². The average Bonchev–Trinajstić information content (AvgIpc) is 3.51. The topological polar surface area (TPSA) is 132 Å². The van der Waals surface area contributed by atoms with Crippen LogP contribution in [0.25, 0.3) is 32.5 Å². The predicted molar refractivity (Wildman–Crippen MR) is 140 cm³/mol. The number of benzene rings is 2. The van der Waals surface area contributed by atoms with E-state index in [-0.39, 0.29) is 17.3 Å². The standard InChI is InChI=1S/C26H25F3N3O5PS/c1-25(30,14-36-38(33,34)35)12-11-15-7-9-18-17(13-15)8-10-19-23(18)39-24(31-19)22-20(26(27,28)29)21(32-37-22)16-5-3-2-4-6-16/h2-7,9,13H,8,10-12,14,30H2,1H3,(H2,33,34,35). The van der Waals surface area contributed by atoms with E-state index in [4.69, 9.17) is 20.0 Å². The molecule has 2 heterocycles. The van der Waals surface area contributed by atoms with Gasteiger partial charge in [0.25, 0.3) is 0 Å². The Morgan fingerprint density at radius 2 is 1.90 bits per heavy atom. The molecule has 0 saturated carbocycles. The summed E-state index contributed by atoms with van der Waals surface area (Å²) in [5.41, 5.74) is 7.94. The number of nitrogens with two attached hydrogens (primary N) is 1. The zero-order valence-corrected chi connectivity index (χ0v) is 22.4. The van der Waals surface area contributed by atoms with Crippen LogP contribution in [0.3, 0.4) is 0 Å². The molecule has 0 spiro atoms. The first-order chi connectivity index (χ1) is 18.3. The van der Waals surface area contributed by atoms with Crippen LogP contribution in [0.4, 0.5) is 13.2 Å². The van der Waals surface area contributed by atoms with E-state index >= 15 is 0 Å². The first-order valence-corrected chi connectivity index (χ1v) is 14.4. The van der Waals surface area contributed by atoms with Crippen molar-refractivity contribution in [1.82, 2.24) is 10.1 Å². The highest BCUT2D eigenvalue weighted by Crippen LogP contribution is 2.47. The van der Waals surface area contributed by atoms with Gasteiger partial charge in [0.1, 0.15) is 11.3 Å². The molecule has 4 aromatic rings. The van der Waals surface area contributed by atoms with Gasteiger partial charge in [0.15, 0.2) is 5.01 Å². The van der Waals surface area contributed by atoms with Crippen LogP contribution in [0.2, 0.25) is 0 Å². The summed E-state index contributed by atoms with van der Waals surface area (Å²) in [4.78, 5) is 23.2. The second-order valence-electron chi connectivity index (χ2n) is 9.80. The normalized spacial score (nSPS) is 15.1. The second kappa shape index (κ2) is 10.3. The van der Waals surface area contributed by atoms with Crippen LogP contribution in [0.1, 0.15) is 35.7 Å². The Kier molecular flexibility index (Phi) is 7.30. The summed E-state index contributed by atoms with van der Waals surface area (Å²) >= 11 is 1.15. The van der Waals surface area contributed by atoms with Crippen molar-refractivity contribution in [3.8, 4) is 32.5 Å². The molecule has 39 heavy (non-hydrogen) atoms. The first-order valence-electron chi connectivity index (χ1n) is 12.0. The number of aryl methyl sites for hydroxylation is 3. The molecule has 13 heteroatoms. The lowest BCUT2D eigenvalue weighted by Crippen LogP contribution is -2.41. The Bertz CT molecular complexity index is 1550. The van der Waals surface area contributed by atoms with E-state index in [1.807, 2.05) is 18.2 Å². The minimum absolute atomic E-state index is 0.128. The van der Waals surface area contributed by atoms with Gasteiger partial charge in [-0.1, -0.05) is 53.7 Å². The van der Waals surface area contributed by atoms with E-state index in [1.165, 1.54) is 0 Å². The van der Waals surface area contributed by atoms with Gasteiger partial charge in [-0.15, -0.1) is 11.3 Å². The summed E-state index contributed by atoms with van der Waals surface area (Å²) in [6.07, 6.45) is -2.47. The lowest BCUT2D eigenvalue weighted by atomic mass is 9.89. The smallest absolute Gasteiger partial charge is 0.352 e. The molecule has 0 radical (unpaired) electrons. The molecule has 0 fully saturated rings. The number of hydrogen-bond donors (Lipinski definition) is 3. The number of halogens is 3. The van der Waals surface area contributed by atoms with E-state index in [9.17, 15) is 17.7 Å². The molecule has 206 valence electrons. The maximum absolute atomic E-state index is 14.2. The predicted octanol–water partition coefficient (Wildman–Crippen LogP) is 6.01. The molecule has 4 N–H and O–H groups in total. The van der Waals surface area contributed by atoms with Gasteiger partial charge in [-0.2, -0.15) is 13.2 Å². The summed E-state index contributed by atoms with van der Waals surface area (Å²) in [5, 5.41) is 3.89. The molecular formula is C26H25F3N3O5PS. The van der Waals surface area contributed by atoms with Crippen molar-refractivity contribution in [2.24, 2.45) is 5.73 Å². The van der Waals surface area contributed by atoms with Gasteiger partial charge in [0, 0.05) is 11.1 Å². The Labute approximate surface area is 225 Å². The minimum Gasteiger partial charge on any atom is -0.352 e. The van der Waals surface area contributed by atoms with E-state index in [0.717, 1.165) is 32.9 Å². The highest BCUT2D eigenvalue weighted by Gasteiger charge is 2.42. The molecule has 8 nitrogen and oxygen atoms in total. The summed E-state index contributed by atoms with van der Waals surface area (Å²) in [7, 11) is -4.61. The third-order valence-corrected chi connectivity index (χ3v) is 8.10. The van der Waals surface area contributed by atoms with Crippen molar-refractivity contribution >= 4 is 19.2 Å². The van der Waals surface area contributed by atoms with Crippen molar-refractivity contribution in [3.05, 3.63) is 70.9 Å². The van der Waals surface area contributed by atoms with E-state index in [1.54, 1.807) is 37.3 Å². The number of hydrogen-bond acceptors (Lipinski definition) is 7. The summed E-state index contributed by atoms with van der Waals surface area (Å²) < 4.78 is 63.3. The van der Waals surface area contributed by atoms with Crippen LogP contribution < -0.4 is 5.73 Å². The van der Waals surface area contributed by atoms with Crippen LogP contribution in [0, 0.1) is 0 Å². The van der Waals surface area contributed by atoms with Gasteiger partial charge in [0.05, 0.1) is 17.2 Å². The van der Waals surface area contributed by atoms with Gasteiger partial charge < -0.3 is 20.0 Å². The minimum atomic E-state index is -4.69. The van der Waals surface area contributed by atoms with Crippen molar-refractivity contribution < 1.29 is 36.6 Å². The van der Waals surface area contributed by atoms with Crippen LogP contribution >= 0.6 is 19.2 Å². The number of nitrogens with zero attached hydrogens (tertiary/aromatic N) is 2. The molecule has 1 unspecified atom stereocenters. The monoisotopic (exact) mass is 579 g/mol. The summed E-state index contributed by atoms with van der Waals surface area (Å²) in [5.74, 6) is -0.390. The third-order valence-electron chi connectivity index (χ3n) is 6.51. The van der Waals surface area contributed by atoms with E-state index in [2.05, 4.69) is 14.7 Å². The SMILES string of the molecule is CC(N)(CCc1ccc2c(c1)CCc1nc(-c3onc(-c4ccccc4)c3C(F)(F)F)sc1-2)COP(=O)(O)O. The highest BCUT2D eigenvalue weighted by atomic mass is 32.1. The van der Waals surface area contributed by atoms with Crippen LogP contribution in [-0.4, -0.2) is 32.1 Å². The summed E-state index contributed by atoms with van der Waals surface area (Å²) in [6, 6.07) is 14.0. The van der Waals surface area contributed by atoms with Gasteiger partial charge in [-0.05, 0) is 49.3 Å². The zero-order chi connectivity index (χ0) is 28.0. The molecule has 0 amide bonds. The molecule has 2 aromatic heterocycles. The molecule has 0 saturated heterocycles. The Hall–Kier alpha value is -2.86. The maximum atomic E-state index is 14.2. The Morgan fingerprint density at radius 3 is 2.59 bits per heavy atom. The molecule has 2 aromatic carbocycles.